The molecule has 2 atom stereocenters. The standard InChI is InChI=1S/C10H12N2O2/c1-12-8(6-9(13)10(12)14)7-4-2-3-5-11-7/h2-5,8-9,13H,6H2,1H3/t8-,9-/m1/s1. The largest absolute Gasteiger partial charge is 0.383 e. The summed E-state index contributed by atoms with van der Waals surface area (Å²) in [5, 5.41) is 9.38. The molecule has 1 N–H and O–H groups in total. The number of likely N-dealkylation sites (N-methyl/N-ethyl adjacent to an activating group) is 1. The normalized spacial score (nSPS) is 27.0. The Hall–Kier alpha value is -1.42. The van der Waals surface area contributed by atoms with Gasteiger partial charge in [-0.1, -0.05) is 6.07 Å². The van der Waals surface area contributed by atoms with Gasteiger partial charge in [-0.15, -0.1) is 0 Å². The van der Waals surface area contributed by atoms with Gasteiger partial charge in [0.25, 0.3) is 5.91 Å². The Morgan fingerprint density at radius 1 is 1.57 bits per heavy atom. The number of hydrogen-bond acceptors (Lipinski definition) is 3. The molecule has 1 aliphatic heterocycles. The lowest BCUT2D eigenvalue weighted by atomic mass is 10.1. The van der Waals surface area contributed by atoms with Crippen molar-refractivity contribution in [1.82, 2.24) is 9.88 Å². The van der Waals surface area contributed by atoms with E-state index in [0.717, 1.165) is 5.69 Å². The van der Waals surface area contributed by atoms with Crippen molar-refractivity contribution in [1.29, 1.82) is 0 Å². The second kappa shape index (κ2) is 3.38. The van der Waals surface area contributed by atoms with Crippen molar-refractivity contribution in [3.8, 4) is 0 Å². The minimum absolute atomic E-state index is 0.0845. The summed E-state index contributed by atoms with van der Waals surface area (Å²) >= 11 is 0. The zero-order valence-corrected chi connectivity index (χ0v) is 7.92. The number of carbonyl (C=O) groups excluding carboxylic acids is 1. The first kappa shape index (κ1) is 9.15. The molecule has 0 unspecified atom stereocenters. The van der Waals surface area contributed by atoms with Crippen LogP contribution in [-0.2, 0) is 4.79 Å². The highest BCUT2D eigenvalue weighted by molar-refractivity contribution is 5.83. The maximum atomic E-state index is 11.3. The van der Waals surface area contributed by atoms with E-state index in [9.17, 15) is 9.90 Å². The number of pyridine rings is 1. The second-order valence-electron chi connectivity index (χ2n) is 3.47. The van der Waals surface area contributed by atoms with Gasteiger partial charge in [-0.3, -0.25) is 9.78 Å². The third-order valence-corrected chi connectivity index (χ3v) is 2.58. The van der Waals surface area contributed by atoms with Crippen LogP contribution in [0.4, 0.5) is 0 Å². The average molecular weight is 192 g/mol. The van der Waals surface area contributed by atoms with Gasteiger partial charge in [0.2, 0.25) is 0 Å². The monoisotopic (exact) mass is 192 g/mol. The molecule has 1 aliphatic rings. The van der Waals surface area contributed by atoms with E-state index in [1.165, 1.54) is 0 Å². The average Bonchev–Trinajstić information content (AvgIpc) is 2.47. The van der Waals surface area contributed by atoms with Crippen molar-refractivity contribution in [3.05, 3.63) is 30.1 Å². The summed E-state index contributed by atoms with van der Waals surface area (Å²) in [6, 6.07) is 5.49. The molecule has 2 heterocycles. The van der Waals surface area contributed by atoms with E-state index in [-0.39, 0.29) is 11.9 Å². The molecular formula is C10H12N2O2. The van der Waals surface area contributed by atoms with Crippen LogP contribution in [0.2, 0.25) is 0 Å². The molecule has 0 spiro atoms. The lowest BCUT2D eigenvalue weighted by molar-refractivity contribution is -0.134. The molecule has 0 bridgehead atoms. The van der Waals surface area contributed by atoms with Gasteiger partial charge in [0, 0.05) is 19.7 Å². The zero-order valence-electron chi connectivity index (χ0n) is 7.92. The zero-order chi connectivity index (χ0) is 10.1. The molecule has 74 valence electrons. The van der Waals surface area contributed by atoms with Crippen molar-refractivity contribution < 1.29 is 9.90 Å². The first-order valence-electron chi connectivity index (χ1n) is 4.56. The van der Waals surface area contributed by atoms with Gasteiger partial charge in [-0.2, -0.15) is 0 Å². The maximum absolute atomic E-state index is 11.3. The number of carbonyl (C=O) groups is 1. The van der Waals surface area contributed by atoms with Crippen LogP contribution in [0.15, 0.2) is 24.4 Å². The predicted molar refractivity (Wildman–Crippen MR) is 50.4 cm³/mol. The Morgan fingerprint density at radius 3 is 2.86 bits per heavy atom. The van der Waals surface area contributed by atoms with Crippen LogP contribution in [0.25, 0.3) is 0 Å². The molecule has 4 heteroatoms. The van der Waals surface area contributed by atoms with Crippen molar-refractivity contribution in [2.24, 2.45) is 0 Å². The summed E-state index contributed by atoms with van der Waals surface area (Å²) in [5.74, 6) is -0.222. The molecule has 4 nitrogen and oxygen atoms in total. The fraction of sp³-hybridized carbons (Fsp3) is 0.400. The van der Waals surface area contributed by atoms with E-state index in [2.05, 4.69) is 4.98 Å². The summed E-state index contributed by atoms with van der Waals surface area (Å²) in [4.78, 5) is 17.1. The Kier molecular flexibility index (Phi) is 2.21. The highest BCUT2D eigenvalue weighted by atomic mass is 16.3. The lowest BCUT2D eigenvalue weighted by Crippen LogP contribution is -2.27. The van der Waals surface area contributed by atoms with Crippen molar-refractivity contribution in [2.75, 3.05) is 7.05 Å². The highest BCUT2D eigenvalue weighted by Gasteiger charge is 2.37. The van der Waals surface area contributed by atoms with Gasteiger partial charge < -0.3 is 10.0 Å². The molecule has 1 fully saturated rings. The summed E-state index contributed by atoms with van der Waals surface area (Å²) < 4.78 is 0. The third kappa shape index (κ3) is 1.37. The molecule has 14 heavy (non-hydrogen) atoms. The van der Waals surface area contributed by atoms with Crippen LogP contribution in [0.3, 0.4) is 0 Å². The molecular weight excluding hydrogens is 180 g/mol. The Labute approximate surface area is 82.2 Å². The maximum Gasteiger partial charge on any atom is 0.251 e. The number of nitrogens with zero attached hydrogens (tertiary/aromatic N) is 2. The summed E-state index contributed by atoms with van der Waals surface area (Å²) in [7, 11) is 1.69. The van der Waals surface area contributed by atoms with E-state index in [1.54, 1.807) is 18.1 Å². The third-order valence-electron chi connectivity index (χ3n) is 2.58. The van der Waals surface area contributed by atoms with Gasteiger partial charge in [0.05, 0.1) is 11.7 Å². The molecule has 0 saturated carbocycles. The van der Waals surface area contributed by atoms with Gasteiger partial charge >= 0.3 is 0 Å². The van der Waals surface area contributed by atoms with E-state index in [4.69, 9.17) is 0 Å². The Bertz CT molecular complexity index is 339. The van der Waals surface area contributed by atoms with Gasteiger partial charge in [0.15, 0.2) is 0 Å². The SMILES string of the molecule is CN1C(=O)[C@H](O)C[C@@H]1c1ccccn1. The van der Waals surface area contributed by atoms with Crippen molar-refractivity contribution in [3.63, 3.8) is 0 Å². The van der Waals surface area contributed by atoms with Crippen LogP contribution < -0.4 is 0 Å². The molecule has 1 saturated heterocycles. The second-order valence-corrected chi connectivity index (χ2v) is 3.47. The Balaban J connectivity index is 2.26. The summed E-state index contributed by atoms with van der Waals surface area (Å²) in [5.41, 5.74) is 0.833. The molecule has 0 aliphatic carbocycles. The topological polar surface area (TPSA) is 53.4 Å². The highest BCUT2D eigenvalue weighted by Crippen LogP contribution is 2.29. The molecule has 1 amide bonds. The van der Waals surface area contributed by atoms with Gasteiger partial charge in [-0.25, -0.2) is 0 Å². The molecule has 0 radical (unpaired) electrons. The Morgan fingerprint density at radius 2 is 2.36 bits per heavy atom. The number of rotatable bonds is 1. The number of aliphatic hydroxyl groups is 1. The summed E-state index contributed by atoms with van der Waals surface area (Å²) in [6.07, 6.45) is 1.26. The van der Waals surface area contributed by atoms with Crippen LogP contribution >= 0.6 is 0 Å². The van der Waals surface area contributed by atoms with Crippen LogP contribution in [-0.4, -0.2) is 34.0 Å². The number of hydrogen-bond donors (Lipinski definition) is 1. The lowest BCUT2D eigenvalue weighted by Gasteiger charge is -2.18. The number of aliphatic hydroxyl groups excluding tert-OH is 1. The van der Waals surface area contributed by atoms with E-state index >= 15 is 0 Å². The predicted octanol–water partition coefficient (Wildman–Crippen LogP) is 0.346. The van der Waals surface area contributed by atoms with E-state index in [0.29, 0.717) is 6.42 Å². The van der Waals surface area contributed by atoms with Crippen LogP contribution in [0.5, 0.6) is 0 Å². The number of aromatic nitrogens is 1. The molecule has 2 rings (SSSR count). The molecule has 0 aromatic carbocycles. The minimum atomic E-state index is -0.869. The van der Waals surface area contributed by atoms with Crippen molar-refractivity contribution in [2.45, 2.75) is 18.6 Å². The smallest absolute Gasteiger partial charge is 0.251 e. The van der Waals surface area contributed by atoms with Gasteiger partial charge in [0.1, 0.15) is 6.10 Å². The van der Waals surface area contributed by atoms with Gasteiger partial charge in [-0.05, 0) is 12.1 Å². The fourth-order valence-corrected chi connectivity index (χ4v) is 1.75. The molecule has 1 aromatic rings. The first-order chi connectivity index (χ1) is 6.70. The fourth-order valence-electron chi connectivity index (χ4n) is 1.75. The first-order valence-corrected chi connectivity index (χ1v) is 4.56. The quantitative estimate of drug-likeness (QED) is 0.698. The van der Waals surface area contributed by atoms with Crippen LogP contribution in [0.1, 0.15) is 18.2 Å². The molecule has 1 aromatic heterocycles. The van der Waals surface area contributed by atoms with Crippen molar-refractivity contribution >= 4 is 5.91 Å². The van der Waals surface area contributed by atoms with E-state index in [1.807, 2.05) is 18.2 Å². The number of amides is 1. The van der Waals surface area contributed by atoms with E-state index < -0.39 is 6.10 Å². The summed E-state index contributed by atoms with van der Waals surface area (Å²) in [6.45, 7) is 0. The minimum Gasteiger partial charge on any atom is -0.383 e. The number of likely N-dealkylation sites (tertiary alicyclic amines) is 1. The van der Waals surface area contributed by atoms with Crippen LogP contribution in [0, 0.1) is 0 Å².